The number of benzene rings is 1. The number of anilines is 1. The molecule has 1 atom stereocenters. The normalized spacial score (nSPS) is 20.0. The third-order valence-corrected chi connectivity index (χ3v) is 3.27. The molecule has 0 unspecified atom stereocenters. The molecule has 0 saturated carbocycles. The van der Waals surface area contributed by atoms with Gasteiger partial charge in [0.15, 0.2) is 0 Å². The molecule has 6 nitrogen and oxygen atoms in total. The van der Waals surface area contributed by atoms with Crippen molar-refractivity contribution in [3.63, 3.8) is 0 Å². The van der Waals surface area contributed by atoms with Gasteiger partial charge in [0.2, 0.25) is 0 Å². The standard InChI is InChI=1S/C15H16N4O2/c16-11-6-3-4-8-21-15(20)19-12-7-2-1-5-10(12)13-9-17-14(11)18-13/h1-5,7,9,11H,6,8,16H2,(H,17,18)(H,19,20)/b4-3-/t11-/m0/s1. The molecular weight excluding hydrogens is 268 g/mol. The van der Waals surface area contributed by atoms with E-state index in [1.54, 1.807) is 12.3 Å². The molecular formula is C15H16N4O2. The van der Waals surface area contributed by atoms with Crippen LogP contribution >= 0.6 is 0 Å². The molecule has 1 aliphatic heterocycles. The van der Waals surface area contributed by atoms with Crippen LogP contribution in [0.5, 0.6) is 0 Å². The Labute approximate surface area is 122 Å². The molecule has 4 N–H and O–H groups in total. The second-order valence-corrected chi connectivity index (χ2v) is 4.76. The topological polar surface area (TPSA) is 93.0 Å². The third-order valence-electron chi connectivity index (χ3n) is 3.27. The average molecular weight is 284 g/mol. The van der Waals surface area contributed by atoms with Crippen LogP contribution in [0.3, 0.4) is 0 Å². The molecule has 1 aromatic carbocycles. The summed E-state index contributed by atoms with van der Waals surface area (Å²) in [4.78, 5) is 19.3. The molecule has 0 radical (unpaired) electrons. The van der Waals surface area contributed by atoms with Crippen molar-refractivity contribution in [3.8, 4) is 11.3 Å². The summed E-state index contributed by atoms with van der Waals surface area (Å²) in [6.07, 6.45) is 5.50. The lowest BCUT2D eigenvalue weighted by molar-refractivity contribution is 0.174. The van der Waals surface area contributed by atoms with E-state index >= 15 is 0 Å². The number of aromatic amines is 1. The van der Waals surface area contributed by atoms with E-state index in [9.17, 15) is 4.79 Å². The Morgan fingerprint density at radius 2 is 2.14 bits per heavy atom. The number of fused-ring (bicyclic) bond motifs is 4. The van der Waals surface area contributed by atoms with Gasteiger partial charge in [0, 0.05) is 5.56 Å². The van der Waals surface area contributed by atoms with Gasteiger partial charge in [-0.05, 0) is 12.5 Å². The van der Waals surface area contributed by atoms with Gasteiger partial charge in [0.1, 0.15) is 12.4 Å². The largest absolute Gasteiger partial charge is 0.445 e. The zero-order valence-corrected chi connectivity index (χ0v) is 11.4. The summed E-state index contributed by atoms with van der Waals surface area (Å²) in [6, 6.07) is 7.24. The Bertz CT molecular complexity index is 678. The predicted octanol–water partition coefficient (Wildman–Crippen LogP) is 2.58. The first-order valence-corrected chi connectivity index (χ1v) is 6.72. The number of carbonyl (C=O) groups excluding carboxylic acids is 1. The van der Waals surface area contributed by atoms with Crippen molar-refractivity contribution in [2.24, 2.45) is 5.73 Å². The van der Waals surface area contributed by atoms with Crippen molar-refractivity contribution in [1.29, 1.82) is 0 Å². The van der Waals surface area contributed by atoms with Crippen LogP contribution in [0.25, 0.3) is 11.3 Å². The lowest BCUT2D eigenvalue weighted by Gasteiger charge is -2.09. The fraction of sp³-hybridized carbons (Fsp3) is 0.200. The Morgan fingerprint density at radius 3 is 3.05 bits per heavy atom. The van der Waals surface area contributed by atoms with Crippen LogP contribution < -0.4 is 11.1 Å². The zero-order chi connectivity index (χ0) is 14.7. The number of amides is 1. The molecule has 2 heterocycles. The van der Waals surface area contributed by atoms with Gasteiger partial charge in [0.05, 0.1) is 23.6 Å². The van der Waals surface area contributed by atoms with E-state index in [0.717, 1.165) is 17.1 Å². The van der Waals surface area contributed by atoms with Crippen LogP contribution in [0.2, 0.25) is 0 Å². The van der Waals surface area contributed by atoms with Crippen LogP contribution in [0.4, 0.5) is 10.5 Å². The summed E-state index contributed by atoms with van der Waals surface area (Å²) in [6.45, 7) is 0.212. The van der Waals surface area contributed by atoms with Crippen molar-refractivity contribution in [1.82, 2.24) is 9.97 Å². The number of cyclic esters (lactones) is 1. The minimum absolute atomic E-state index is 0.212. The van der Waals surface area contributed by atoms with E-state index in [-0.39, 0.29) is 12.6 Å². The quantitative estimate of drug-likeness (QED) is 0.648. The van der Waals surface area contributed by atoms with Gasteiger partial charge in [-0.1, -0.05) is 30.4 Å². The number of nitrogens with two attached hydrogens (primary N) is 1. The van der Waals surface area contributed by atoms with Crippen molar-refractivity contribution in [3.05, 3.63) is 48.4 Å². The minimum Gasteiger partial charge on any atom is -0.445 e. The average Bonchev–Trinajstić information content (AvgIpc) is 2.96. The molecule has 1 aromatic heterocycles. The predicted molar refractivity (Wildman–Crippen MR) is 79.7 cm³/mol. The molecule has 3 rings (SSSR count). The first-order chi connectivity index (χ1) is 10.2. The maximum Gasteiger partial charge on any atom is 0.411 e. The maximum absolute atomic E-state index is 11.8. The molecule has 21 heavy (non-hydrogen) atoms. The number of nitrogens with one attached hydrogen (secondary N) is 2. The second kappa shape index (κ2) is 5.80. The van der Waals surface area contributed by atoms with Crippen molar-refractivity contribution in [2.45, 2.75) is 12.5 Å². The summed E-state index contributed by atoms with van der Waals surface area (Å²) >= 11 is 0. The summed E-state index contributed by atoms with van der Waals surface area (Å²) in [5.74, 6) is 0.718. The molecule has 2 aromatic rings. The van der Waals surface area contributed by atoms with Gasteiger partial charge in [-0.2, -0.15) is 0 Å². The molecule has 0 saturated heterocycles. The molecule has 1 aliphatic rings. The molecule has 108 valence electrons. The summed E-state index contributed by atoms with van der Waals surface area (Å²) in [5.41, 5.74) is 8.39. The van der Waals surface area contributed by atoms with E-state index in [1.165, 1.54) is 0 Å². The first kappa shape index (κ1) is 13.4. The number of ether oxygens (including phenoxy) is 1. The first-order valence-electron chi connectivity index (χ1n) is 6.72. The summed E-state index contributed by atoms with van der Waals surface area (Å²) in [7, 11) is 0. The van der Waals surface area contributed by atoms with Gasteiger partial charge in [-0.3, -0.25) is 5.32 Å². The van der Waals surface area contributed by atoms with Gasteiger partial charge < -0.3 is 15.5 Å². The van der Waals surface area contributed by atoms with E-state index in [1.807, 2.05) is 30.3 Å². The molecule has 6 heteroatoms. The van der Waals surface area contributed by atoms with Crippen LogP contribution in [0, 0.1) is 0 Å². The number of hydrogen-bond donors (Lipinski definition) is 3. The Morgan fingerprint density at radius 1 is 1.29 bits per heavy atom. The Hall–Kier alpha value is -2.60. The number of nitrogens with zero attached hydrogens (tertiary/aromatic N) is 1. The van der Waals surface area contributed by atoms with E-state index in [2.05, 4.69) is 15.3 Å². The molecule has 1 amide bonds. The highest BCUT2D eigenvalue weighted by atomic mass is 16.5. The highest BCUT2D eigenvalue weighted by Crippen LogP contribution is 2.27. The fourth-order valence-corrected chi connectivity index (χ4v) is 2.18. The van der Waals surface area contributed by atoms with Crippen LogP contribution in [0.1, 0.15) is 18.3 Å². The highest BCUT2D eigenvalue weighted by Gasteiger charge is 2.14. The number of rotatable bonds is 0. The van der Waals surface area contributed by atoms with Crippen LogP contribution in [0.15, 0.2) is 42.6 Å². The smallest absolute Gasteiger partial charge is 0.411 e. The molecule has 0 fully saturated rings. The zero-order valence-electron chi connectivity index (χ0n) is 11.4. The summed E-state index contributed by atoms with van der Waals surface area (Å²) < 4.78 is 5.08. The van der Waals surface area contributed by atoms with Gasteiger partial charge in [-0.25, -0.2) is 9.78 Å². The third kappa shape index (κ3) is 2.95. The van der Waals surface area contributed by atoms with Crippen LogP contribution in [-0.2, 0) is 4.74 Å². The number of imidazole rings is 1. The maximum atomic E-state index is 11.8. The van der Waals surface area contributed by atoms with Crippen molar-refractivity contribution in [2.75, 3.05) is 11.9 Å². The molecule has 0 spiro atoms. The lowest BCUT2D eigenvalue weighted by Crippen LogP contribution is -2.14. The fourth-order valence-electron chi connectivity index (χ4n) is 2.18. The van der Waals surface area contributed by atoms with E-state index in [0.29, 0.717) is 12.1 Å². The number of aromatic nitrogens is 2. The number of carbonyl (C=O) groups is 1. The summed E-state index contributed by atoms with van der Waals surface area (Å²) in [5, 5.41) is 2.73. The van der Waals surface area contributed by atoms with Gasteiger partial charge in [-0.15, -0.1) is 0 Å². The van der Waals surface area contributed by atoms with Crippen molar-refractivity contribution < 1.29 is 9.53 Å². The lowest BCUT2D eigenvalue weighted by atomic mass is 10.1. The number of para-hydroxylation sites is 1. The van der Waals surface area contributed by atoms with Gasteiger partial charge >= 0.3 is 6.09 Å². The monoisotopic (exact) mass is 284 g/mol. The Balaban J connectivity index is 2.03. The van der Waals surface area contributed by atoms with Crippen LogP contribution in [-0.4, -0.2) is 22.7 Å². The van der Waals surface area contributed by atoms with E-state index < -0.39 is 6.09 Å². The molecule has 2 bridgehead atoms. The van der Waals surface area contributed by atoms with Crippen molar-refractivity contribution >= 4 is 11.8 Å². The van der Waals surface area contributed by atoms with E-state index in [4.69, 9.17) is 10.5 Å². The highest BCUT2D eigenvalue weighted by molar-refractivity contribution is 5.90. The Kier molecular flexibility index (Phi) is 3.70. The van der Waals surface area contributed by atoms with Gasteiger partial charge in [0.25, 0.3) is 0 Å². The second-order valence-electron chi connectivity index (χ2n) is 4.76. The molecule has 0 aliphatic carbocycles. The number of H-pyrrole nitrogens is 1. The minimum atomic E-state index is -0.490. The SMILES string of the molecule is N[C@H]1C/C=C\COC(=O)Nc2ccccc2-c2cnc1[nH]2. The number of hydrogen-bond acceptors (Lipinski definition) is 4.